The molecule has 0 heterocycles. The Morgan fingerprint density at radius 3 is 2.55 bits per heavy atom. The van der Waals surface area contributed by atoms with Gasteiger partial charge in [0.25, 0.3) is 0 Å². The van der Waals surface area contributed by atoms with E-state index in [2.05, 4.69) is 35.1 Å². The van der Waals surface area contributed by atoms with Crippen LogP contribution in [0.5, 0.6) is 0 Å². The van der Waals surface area contributed by atoms with Gasteiger partial charge in [-0.3, -0.25) is 0 Å². The van der Waals surface area contributed by atoms with Crippen molar-refractivity contribution in [2.75, 3.05) is 6.54 Å². The molecule has 0 aromatic heterocycles. The molecule has 0 saturated heterocycles. The van der Waals surface area contributed by atoms with Crippen molar-refractivity contribution in [2.45, 2.75) is 58.4 Å². The molecular formula is C17H25BrFN. The quantitative estimate of drug-likeness (QED) is 0.710. The molecule has 1 fully saturated rings. The third-order valence-electron chi connectivity index (χ3n) is 4.79. The van der Waals surface area contributed by atoms with Crippen molar-refractivity contribution in [1.29, 1.82) is 0 Å². The second-order valence-corrected chi connectivity index (χ2v) is 6.84. The van der Waals surface area contributed by atoms with Crippen molar-refractivity contribution in [3.8, 4) is 0 Å². The van der Waals surface area contributed by atoms with Gasteiger partial charge in [-0.05, 0) is 71.3 Å². The molecule has 1 atom stereocenters. The summed E-state index contributed by atoms with van der Waals surface area (Å²) in [6, 6.07) is 5.83. The molecule has 112 valence electrons. The number of halogens is 2. The Hall–Kier alpha value is -0.410. The van der Waals surface area contributed by atoms with E-state index in [0.29, 0.717) is 15.9 Å². The zero-order chi connectivity index (χ0) is 14.6. The SMILES string of the molecule is CCCNC(c1ccc(F)c(Br)c1)C1(CC)CCCC1. The third-order valence-corrected chi connectivity index (χ3v) is 5.40. The molecule has 20 heavy (non-hydrogen) atoms. The van der Waals surface area contributed by atoms with Gasteiger partial charge in [-0.15, -0.1) is 0 Å². The zero-order valence-corrected chi connectivity index (χ0v) is 14.1. The monoisotopic (exact) mass is 341 g/mol. The van der Waals surface area contributed by atoms with E-state index in [9.17, 15) is 4.39 Å². The molecule has 3 heteroatoms. The standard InChI is InChI=1S/C17H25BrFN/c1-3-11-20-16(17(4-2)9-5-6-10-17)13-7-8-15(19)14(18)12-13/h7-8,12,16,20H,3-6,9-11H2,1-2H3. The van der Waals surface area contributed by atoms with E-state index in [1.165, 1.54) is 37.7 Å². The lowest BCUT2D eigenvalue weighted by atomic mass is 9.73. The van der Waals surface area contributed by atoms with Crippen molar-refractivity contribution >= 4 is 15.9 Å². The molecule has 1 saturated carbocycles. The van der Waals surface area contributed by atoms with Crippen molar-refractivity contribution in [2.24, 2.45) is 5.41 Å². The summed E-state index contributed by atoms with van der Waals surface area (Å²) in [7, 11) is 0. The van der Waals surface area contributed by atoms with Crippen LogP contribution in [-0.2, 0) is 0 Å². The molecule has 1 aliphatic rings. The Bertz CT molecular complexity index is 441. The highest BCUT2D eigenvalue weighted by Crippen LogP contribution is 2.50. The lowest BCUT2D eigenvalue weighted by Gasteiger charge is -2.38. The predicted molar refractivity (Wildman–Crippen MR) is 86.3 cm³/mol. The summed E-state index contributed by atoms with van der Waals surface area (Å²) >= 11 is 3.33. The maximum absolute atomic E-state index is 13.5. The number of nitrogens with one attached hydrogen (secondary N) is 1. The van der Waals surface area contributed by atoms with Gasteiger partial charge in [0.1, 0.15) is 5.82 Å². The fourth-order valence-electron chi connectivity index (χ4n) is 3.59. The van der Waals surface area contributed by atoms with Crippen LogP contribution in [0.4, 0.5) is 4.39 Å². The fourth-order valence-corrected chi connectivity index (χ4v) is 3.99. The van der Waals surface area contributed by atoms with E-state index >= 15 is 0 Å². The molecule has 1 nitrogen and oxygen atoms in total. The van der Waals surface area contributed by atoms with Crippen LogP contribution in [0, 0.1) is 11.2 Å². The first-order valence-electron chi connectivity index (χ1n) is 7.81. The van der Waals surface area contributed by atoms with Gasteiger partial charge in [0.15, 0.2) is 0 Å². The number of benzene rings is 1. The van der Waals surface area contributed by atoms with Gasteiger partial charge in [0.05, 0.1) is 4.47 Å². The van der Waals surface area contributed by atoms with E-state index in [-0.39, 0.29) is 5.82 Å². The average molecular weight is 342 g/mol. The molecule has 1 N–H and O–H groups in total. The summed E-state index contributed by atoms with van der Waals surface area (Å²) in [6.07, 6.45) is 7.50. The maximum Gasteiger partial charge on any atom is 0.137 e. The Morgan fingerprint density at radius 1 is 1.30 bits per heavy atom. The first-order valence-corrected chi connectivity index (χ1v) is 8.60. The Kier molecular flexibility index (Phi) is 5.62. The maximum atomic E-state index is 13.5. The largest absolute Gasteiger partial charge is 0.309 e. The van der Waals surface area contributed by atoms with E-state index in [1.807, 2.05) is 12.1 Å². The van der Waals surface area contributed by atoms with Crippen molar-refractivity contribution in [3.63, 3.8) is 0 Å². The second-order valence-electron chi connectivity index (χ2n) is 5.98. The molecule has 0 bridgehead atoms. The highest BCUT2D eigenvalue weighted by atomic mass is 79.9. The van der Waals surface area contributed by atoms with E-state index in [4.69, 9.17) is 0 Å². The lowest BCUT2D eigenvalue weighted by molar-refractivity contribution is 0.187. The van der Waals surface area contributed by atoms with Crippen LogP contribution < -0.4 is 5.32 Å². The van der Waals surface area contributed by atoms with E-state index < -0.39 is 0 Å². The number of rotatable bonds is 6. The topological polar surface area (TPSA) is 12.0 Å². The van der Waals surface area contributed by atoms with Crippen LogP contribution in [0.3, 0.4) is 0 Å². The van der Waals surface area contributed by atoms with Gasteiger partial charge >= 0.3 is 0 Å². The van der Waals surface area contributed by atoms with Gasteiger partial charge in [-0.25, -0.2) is 4.39 Å². The van der Waals surface area contributed by atoms with Crippen LogP contribution in [0.25, 0.3) is 0 Å². The van der Waals surface area contributed by atoms with Crippen LogP contribution in [0.1, 0.15) is 64.0 Å². The Labute approximate surface area is 130 Å². The molecule has 1 aromatic carbocycles. The first-order chi connectivity index (χ1) is 9.63. The second kappa shape index (κ2) is 7.04. The average Bonchev–Trinajstić information content (AvgIpc) is 2.93. The summed E-state index contributed by atoms with van der Waals surface area (Å²) in [4.78, 5) is 0. The molecule has 1 aromatic rings. The molecule has 1 unspecified atom stereocenters. The fraction of sp³-hybridized carbons (Fsp3) is 0.647. The molecule has 1 aliphatic carbocycles. The molecule has 0 spiro atoms. The summed E-state index contributed by atoms with van der Waals surface area (Å²) in [5.74, 6) is -0.181. The van der Waals surface area contributed by atoms with Crippen molar-refractivity contribution < 1.29 is 4.39 Å². The lowest BCUT2D eigenvalue weighted by Crippen LogP contribution is -2.36. The van der Waals surface area contributed by atoms with E-state index in [1.54, 1.807) is 6.07 Å². The van der Waals surface area contributed by atoms with Crippen LogP contribution in [-0.4, -0.2) is 6.54 Å². The molecule has 0 amide bonds. The minimum absolute atomic E-state index is 0.181. The Balaban J connectivity index is 2.32. The Morgan fingerprint density at radius 2 is 2.00 bits per heavy atom. The van der Waals surface area contributed by atoms with Crippen LogP contribution >= 0.6 is 15.9 Å². The highest BCUT2D eigenvalue weighted by molar-refractivity contribution is 9.10. The molecule has 0 aliphatic heterocycles. The van der Waals surface area contributed by atoms with Gasteiger partial charge in [0.2, 0.25) is 0 Å². The summed E-state index contributed by atoms with van der Waals surface area (Å²) in [6.45, 7) is 5.50. The van der Waals surface area contributed by atoms with Crippen molar-refractivity contribution in [1.82, 2.24) is 5.32 Å². The number of hydrogen-bond donors (Lipinski definition) is 1. The summed E-state index contributed by atoms with van der Waals surface area (Å²) in [5, 5.41) is 3.72. The molecular weight excluding hydrogens is 317 g/mol. The van der Waals surface area contributed by atoms with Gasteiger partial charge in [-0.2, -0.15) is 0 Å². The van der Waals surface area contributed by atoms with Gasteiger partial charge < -0.3 is 5.32 Å². The predicted octanol–water partition coefficient (Wildman–Crippen LogP) is 5.60. The van der Waals surface area contributed by atoms with Crippen molar-refractivity contribution in [3.05, 3.63) is 34.1 Å². The zero-order valence-electron chi connectivity index (χ0n) is 12.5. The summed E-state index contributed by atoms with van der Waals surface area (Å²) in [5.41, 5.74) is 1.56. The normalized spacial score (nSPS) is 19.2. The smallest absolute Gasteiger partial charge is 0.137 e. The summed E-state index contributed by atoms with van der Waals surface area (Å²) < 4.78 is 14.1. The highest BCUT2D eigenvalue weighted by Gasteiger charge is 2.40. The first kappa shape index (κ1) is 16.0. The third kappa shape index (κ3) is 3.25. The van der Waals surface area contributed by atoms with Gasteiger partial charge in [0, 0.05) is 6.04 Å². The van der Waals surface area contributed by atoms with E-state index in [0.717, 1.165) is 13.0 Å². The van der Waals surface area contributed by atoms with Crippen LogP contribution in [0.15, 0.2) is 22.7 Å². The number of hydrogen-bond acceptors (Lipinski definition) is 1. The molecule has 0 radical (unpaired) electrons. The minimum Gasteiger partial charge on any atom is -0.309 e. The van der Waals surface area contributed by atoms with Gasteiger partial charge in [-0.1, -0.05) is 32.8 Å². The molecule has 2 rings (SSSR count). The van der Waals surface area contributed by atoms with Crippen LogP contribution in [0.2, 0.25) is 0 Å². The minimum atomic E-state index is -0.181.